The van der Waals surface area contributed by atoms with Gasteiger partial charge >= 0.3 is 6.18 Å². The molecule has 2 aromatic heterocycles. The summed E-state index contributed by atoms with van der Waals surface area (Å²) < 4.78 is 46.7. The van der Waals surface area contributed by atoms with Gasteiger partial charge in [0.25, 0.3) is 0 Å². The number of aryl methyl sites for hydroxylation is 1. The van der Waals surface area contributed by atoms with Crippen molar-refractivity contribution in [2.45, 2.75) is 25.4 Å². The normalized spacial score (nSPS) is 14.4. The quantitative estimate of drug-likeness (QED) is 0.212. The first-order valence-electron chi connectivity index (χ1n) is 13.4. The van der Waals surface area contributed by atoms with Gasteiger partial charge in [-0.15, -0.1) is 0 Å². The zero-order valence-electron chi connectivity index (χ0n) is 22.1. The number of anilines is 2. The molecular formula is C30H32F3N5O2. The van der Waals surface area contributed by atoms with Gasteiger partial charge in [-0.05, 0) is 60.8 Å². The van der Waals surface area contributed by atoms with Crippen LogP contribution in [0.5, 0.6) is 0 Å². The minimum atomic E-state index is -4.55. The molecule has 40 heavy (non-hydrogen) atoms. The number of aromatic nitrogens is 2. The van der Waals surface area contributed by atoms with Crippen molar-refractivity contribution < 1.29 is 22.7 Å². The standard InChI is InChI=1S/C30H32F3N5O2/c31-30(32,33)26-19-25(6-7-27(26)34-10-2-12-38-13-15-40-16-14-38)37-28(39)8-5-21-3-1-4-22(17-21)24-18-23-9-11-35-29(23)36-20-24/h1,3-4,6-7,9,11,17-20,34H,2,5,8,10,12-16H2,(H,35,36)(H,37,39). The van der Waals surface area contributed by atoms with E-state index < -0.39 is 11.7 Å². The van der Waals surface area contributed by atoms with E-state index in [4.69, 9.17) is 4.74 Å². The number of H-pyrrole nitrogens is 1. The predicted molar refractivity (Wildman–Crippen MR) is 150 cm³/mol. The molecule has 1 amide bonds. The van der Waals surface area contributed by atoms with Crippen LogP contribution in [-0.4, -0.2) is 60.2 Å². The van der Waals surface area contributed by atoms with E-state index in [2.05, 4.69) is 25.5 Å². The molecule has 0 radical (unpaired) electrons. The number of nitrogens with zero attached hydrogens (tertiary/aromatic N) is 2. The molecule has 5 rings (SSSR count). The summed E-state index contributed by atoms with van der Waals surface area (Å²) in [6.07, 6.45) is 0.396. The topological polar surface area (TPSA) is 82.3 Å². The van der Waals surface area contributed by atoms with Gasteiger partial charge in [-0.3, -0.25) is 9.69 Å². The molecule has 1 aliphatic heterocycles. The second kappa shape index (κ2) is 12.5. The molecule has 7 nitrogen and oxygen atoms in total. The molecule has 10 heteroatoms. The molecule has 4 aromatic rings. The van der Waals surface area contributed by atoms with Crippen molar-refractivity contribution in [2.24, 2.45) is 0 Å². The molecule has 0 spiro atoms. The fourth-order valence-corrected chi connectivity index (χ4v) is 4.85. The molecule has 3 heterocycles. The first-order chi connectivity index (χ1) is 19.3. The maximum atomic E-state index is 13.8. The molecule has 210 valence electrons. The Kier molecular flexibility index (Phi) is 8.66. The maximum Gasteiger partial charge on any atom is 0.418 e. The Morgan fingerprint density at radius 1 is 1.05 bits per heavy atom. The van der Waals surface area contributed by atoms with Gasteiger partial charge in [0.2, 0.25) is 5.91 Å². The van der Waals surface area contributed by atoms with Crippen molar-refractivity contribution in [3.63, 3.8) is 0 Å². The molecule has 0 saturated carbocycles. The summed E-state index contributed by atoms with van der Waals surface area (Å²) in [5.74, 6) is -0.347. The molecule has 3 N–H and O–H groups in total. The molecule has 0 atom stereocenters. The van der Waals surface area contributed by atoms with Crippen molar-refractivity contribution in [2.75, 3.05) is 50.0 Å². The van der Waals surface area contributed by atoms with Crippen molar-refractivity contribution in [3.05, 3.63) is 78.1 Å². The number of halogens is 3. The highest BCUT2D eigenvalue weighted by molar-refractivity contribution is 5.91. The van der Waals surface area contributed by atoms with E-state index in [1.807, 2.05) is 42.6 Å². The van der Waals surface area contributed by atoms with E-state index in [1.165, 1.54) is 12.1 Å². The highest BCUT2D eigenvalue weighted by Gasteiger charge is 2.34. The van der Waals surface area contributed by atoms with Gasteiger partial charge in [0.05, 0.1) is 18.8 Å². The van der Waals surface area contributed by atoms with Crippen LogP contribution in [0, 0.1) is 0 Å². The summed E-state index contributed by atoms with van der Waals surface area (Å²) in [6, 6.07) is 15.7. The molecule has 0 unspecified atom stereocenters. The number of hydrogen-bond acceptors (Lipinski definition) is 5. The monoisotopic (exact) mass is 551 g/mol. The molecule has 1 fully saturated rings. The van der Waals surface area contributed by atoms with Gasteiger partial charge in [-0.1, -0.05) is 24.3 Å². The molecule has 1 aliphatic rings. The first kappa shape index (κ1) is 27.7. The number of ether oxygens (including phenoxy) is 1. The summed E-state index contributed by atoms with van der Waals surface area (Å²) in [7, 11) is 0. The Hall–Kier alpha value is -3.89. The van der Waals surface area contributed by atoms with E-state index in [-0.39, 0.29) is 23.7 Å². The summed E-state index contributed by atoms with van der Waals surface area (Å²) >= 11 is 0. The Morgan fingerprint density at radius 3 is 2.73 bits per heavy atom. The number of carbonyl (C=O) groups excluding carboxylic acids is 1. The third kappa shape index (κ3) is 7.19. The highest BCUT2D eigenvalue weighted by atomic mass is 19.4. The second-order valence-corrected chi connectivity index (χ2v) is 9.88. The van der Waals surface area contributed by atoms with Crippen LogP contribution in [0.3, 0.4) is 0 Å². The van der Waals surface area contributed by atoms with Gasteiger partial charge in [0.1, 0.15) is 5.65 Å². The van der Waals surface area contributed by atoms with E-state index in [1.54, 1.807) is 6.20 Å². The number of carbonyl (C=O) groups is 1. The lowest BCUT2D eigenvalue weighted by Crippen LogP contribution is -2.37. The number of fused-ring (bicyclic) bond motifs is 1. The second-order valence-electron chi connectivity index (χ2n) is 9.88. The number of morpholine rings is 1. The third-order valence-electron chi connectivity index (χ3n) is 6.98. The lowest BCUT2D eigenvalue weighted by molar-refractivity contribution is -0.137. The summed E-state index contributed by atoms with van der Waals surface area (Å²) in [4.78, 5) is 22.4. The zero-order chi connectivity index (χ0) is 28.0. The number of rotatable bonds is 10. The minimum Gasteiger partial charge on any atom is -0.385 e. The summed E-state index contributed by atoms with van der Waals surface area (Å²) in [5, 5.41) is 6.55. The van der Waals surface area contributed by atoms with E-state index in [0.717, 1.165) is 53.4 Å². The van der Waals surface area contributed by atoms with Crippen LogP contribution in [0.15, 0.2) is 67.0 Å². The van der Waals surface area contributed by atoms with Crippen LogP contribution in [0.4, 0.5) is 24.5 Å². The lowest BCUT2D eigenvalue weighted by Gasteiger charge is -2.26. The van der Waals surface area contributed by atoms with Crippen molar-refractivity contribution >= 4 is 28.3 Å². The van der Waals surface area contributed by atoms with Crippen molar-refractivity contribution in [3.8, 4) is 11.1 Å². The number of amides is 1. The molecule has 0 aliphatic carbocycles. The molecular weight excluding hydrogens is 519 g/mol. The summed E-state index contributed by atoms with van der Waals surface area (Å²) in [5.41, 5.74) is 3.06. The smallest absolute Gasteiger partial charge is 0.385 e. The van der Waals surface area contributed by atoms with E-state index in [0.29, 0.717) is 32.6 Å². The Morgan fingerprint density at radius 2 is 1.90 bits per heavy atom. The zero-order valence-corrected chi connectivity index (χ0v) is 22.1. The van der Waals surface area contributed by atoms with Gasteiger partial charge in [-0.2, -0.15) is 13.2 Å². The van der Waals surface area contributed by atoms with E-state index >= 15 is 0 Å². The third-order valence-corrected chi connectivity index (χ3v) is 6.98. The number of aromatic amines is 1. The number of benzene rings is 2. The predicted octanol–water partition coefficient (Wildman–Crippen LogP) is 5.95. The number of pyridine rings is 1. The van der Waals surface area contributed by atoms with Crippen LogP contribution in [0.25, 0.3) is 22.2 Å². The number of alkyl halides is 3. The van der Waals surface area contributed by atoms with E-state index in [9.17, 15) is 18.0 Å². The molecule has 2 aromatic carbocycles. The lowest BCUT2D eigenvalue weighted by atomic mass is 10.0. The SMILES string of the molecule is O=C(CCc1cccc(-c2cnc3[nH]ccc3c2)c1)Nc1ccc(NCCCN2CCOCC2)c(C(F)(F)F)c1. The largest absolute Gasteiger partial charge is 0.418 e. The van der Waals surface area contributed by atoms with Crippen LogP contribution < -0.4 is 10.6 Å². The molecule has 1 saturated heterocycles. The number of hydrogen-bond donors (Lipinski definition) is 3. The van der Waals surface area contributed by atoms with Crippen molar-refractivity contribution in [1.82, 2.24) is 14.9 Å². The average Bonchev–Trinajstić information content (AvgIpc) is 3.43. The Bertz CT molecular complexity index is 1450. The highest BCUT2D eigenvalue weighted by Crippen LogP contribution is 2.36. The summed E-state index contributed by atoms with van der Waals surface area (Å²) in [6.45, 7) is 4.28. The van der Waals surface area contributed by atoms with Crippen LogP contribution >= 0.6 is 0 Å². The fraction of sp³-hybridized carbons (Fsp3) is 0.333. The number of nitrogens with one attached hydrogen (secondary N) is 3. The van der Waals surface area contributed by atoms with Crippen molar-refractivity contribution in [1.29, 1.82) is 0 Å². The van der Waals surface area contributed by atoms with Gasteiger partial charge in [-0.25, -0.2) is 4.98 Å². The first-order valence-corrected chi connectivity index (χ1v) is 13.4. The van der Waals surface area contributed by atoms with Crippen LogP contribution in [0.2, 0.25) is 0 Å². The fourth-order valence-electron chi connectivity index (χ4n) is 4.85. The van der Waals surface area contributed by atoms with Gasteiger partial charge in [0.15, 0.2) is 0 Å². The average molecular weight is 552 g/mol. The minimum absolute atomic E-state index is 0.0107. The van der Waals surface area contributed by atoms with Crippen LogP contribution in [-0.2, 0) is 22.1 Å². The van der Waals surface area contributed by atoms with Crippen LogP contribution in [0.1, 0.15) is 24.0 Å². The molecule has 0 bridgehead atoms. The maximum absolute atomic E-state index is 13.8. The van der Waals surface area contributed by atoms with Gasteiger partial charge in [0, 0.05) is 60.8 Å². The Labute approximate surface area is 230 Å². The Balaban J connectivity index is 1.16. The van der Waals surface area contributed by atoms with Gasteiger partial charge < -0.3 is 20.4 Å².